The number of benzene rings is 1. The maximum Gasteiger partial charge on any atom is 0.226 e. The number of hydrogen-bond donors (Lipinski definition) is 1. The summed E-state index contributed by atoms with van der Waals surface area (Å²) >= 11 is 0. The van der Waals surface area contributed by atoms with Gasteiger partial charge in [-0.2, -0.15) is 0 Å². The van der Waals surface area contributed by atoms with E-state index in [1.165, 1.54) is 0 Å². The van der Waals surface area contributed by atoms with Crippen molar-refractivity contribution in [3.8, 4) is 0 Å². The molecule has 0 aliphatic carbocycles. The molecule has 19 heavy (non-hydrogen) atoms. The van der Waals surface area contributed by atoms with Crippen LogP contribution >= 0.6 is 0 Å². The van der Waals surface area contributed by atoms with E-state index in [-0.39, 0.29) is 17.9 Å². The molecule has 1 aromatic rings. The number of carbonyl (C=O) groups excluding carboxylic acids is 1. The van der Waals surface area contributed by atoms with Crippen LogP contribution in [0.5, 0.6) is 0 Å². The Balaban J connectivity index is 1.93. The molecular formula is C14H18F2N2O. The van der Waals surface area contributed by atoms with E-state index < -0.39 is 11.6 Å². The first-order chi connectivity index (χ1) is 9.06. The zero-order chi connectivity index (χ0) is 13.8. The third kappa shape index (κ3) is 3.73. The van der Waals surface area contributed by atoms with Gasteiger partial charge < -0.3 is 10.2 Å². The summed E-state index contributed by atoms with van der Waals surface area (Å²) in [5.74, 6) is -0.791. The number of nitrogens with zero attached hydrogens (tertiary/aromatic N) is 1. The summed E-state index contributed by atoms with van der Waals surface area (Å²) in [6.07, 6.45) is 0.951. The highest BCUT2D eigenvalue weighted by atomic mass is 19.1. The van der Waals surface area contributed by atoms with Crippen LogP contribution in [0.4, 0.5) is 8.78 Å². The van der Waals surface area contributed by atoms with Gasteiger partial charge in [-0.05, 0) is 43.6 Å². The number of likely N-dealkylation sites (N-methyl/N-ethyl adjacent to an activating group) is 1. The fourth-order valence-electron chi connectivity index (χ4n) is 2.34. The molecule has 1 atom stereocenters. The van der Waals surface area contributed by atoms with Crippen molar-refractivity contribution in [2.24, 2.45) is 5.92 Å². The van der Waals surface area contributed by atoms with Crippen LogP contribution in [0.2, 0.25) is 0 Å². The monoisotopic (exact) mass is 268 g/mol. The standard InChI is InChI=1S/C14H18F2N2O/c1-18(9-10-4-5-17-8-10)14(19)7-11-6-12(15)2-3-13(11)16/h2-3,6,10,17H,4-5,7-9H2,1H3. The van der Waals surface area contributed by atoms with Gasteiger partial charge in [-0.15, -0.1) is 0 Å². The van der Waals surface area contributed by atoms with Gasteiger partial charge in [-0.3, -0.25) is 4.79 Å². The van der Waals surface area contributed by atoms with Crippen LogP contribution in [-0.4, -0.2) is 37.5 Å². The second-order valence-electron chi connectivity index (χ2n) is 5.05. The summed E-state index contributed by atoms with van der Waals surface area (Å²) in [7, 11) is 1.71. The molecule has 0 saturated carbocycles. The molecule has 0 aromatic heterocycles. The lowest BCUT2D eigenvalue weighted by atomic mass is 10.1. The normalized spacial score (nSPS) is 18.6. The number of hydrogen-bond acceptors (Lipinski definition) is 2. The third-order valence-electron chi connectivity index (χ3n) is 3.47. The maximum atomic E-state index is 13.5. The zero-order valence-electron chi connectivity index (χ0n) is 11.0. The first-order valence-corrected chi connectivity index (χ1v) is 6.45. The number of nitrogens with one attached hydrogen (secondary N) is 1. The SMILES string of the molecule is CN(CC1CCNC1)C(=O)Cc1cc(F)ccc1F. The molecule has 3 nitrogen and oxygen atoms in total. The fourth-order valence-corrected chi connectivity index (χ4v) is 2.34. The molecule has 1 heterocycles. The van der Waals surface area contributed by atoms with Crippen molar-refractivity contribution in [3.05, 3.63) is 35.4 Å². The van der Waals surface area contributed by atoms with Gasteiger partial charge >= 0.3 is 0 Å². The molecule has 1 aliphatic heterocycles. The van der Waals surface area contributed by atoms with Crippen molar-refractivity contribution in [1.82, 2.24) is 10.2 Å². The van der Waals surface area contributed by atoms with E-state index in [2.05, 4.69) is 5.32 Å². The maximum absolute atomic E-state index is 13.5. The van der Waals surface area contributed by atoms with Crippen LogP contribution in [0.25, 0.3) is 0 Å². The molecular weight excluding hydrogens is 250 g/mol. The van der Waals surface area contributed by atoms with Crippen molar-refractivity contribution in [2.75, 3.05) is 26.7 Å². The Morgan fingerprint density at radius 3 is 2.95 bits per heavy atom. The summed E-state index contributed by atoms with van der Waals surface area (Å²) in [6, 6.07) is 3.19. The van der Waals surface area contributed by atoms with Crippen LogP contribution < -0.4 is 5.32 Å². The van der Waals surface area contributed by atoms with Crippen molar-refractivity contribution in [2.45, 2.75) is 12.8 Å². The molecule has 0 spiro atoms. The summed E-state index contributed by atoms with van der Waals surface area (Å²) < 4.78 is 26.5. The van der Waals surface area contributed by atoms with Gasteiger partial charge in [0, 0.05) is 19.2 Å². The number of amides is 1. The van der Waals surface area contributed by atoms with Crippen molar-refractivity contribution >= 4 is 5.91 Å². The lowest BCUT2D eigenvalue weighted by molar-refractivity contribution is -0.129. The van der Waals surface area contributed by atoms with E-state index in [4.69, 9.17) is 0 Å². The van der Waals surface area contributed by atoms with Gasteiger partial charge in [0.05, 0.1) is 6.42 Å². The summed E-state index contributed by atoms with van der Waals surface area (Å²) in [5, 5.41) is 3.24. The Bertz CT molecular complexity index is 459. The van der Waals surface area contributed by atoms with Gasteiger partial charge in [0.25, 0.3) is 0 Å². The average Bonchev–Trinajstić information content (AvgIpc) is 2.86. The van der Waals surface area contributed by atoms with Gasteiger partial charge in [-0.25, -0.2) is 8.78 Å². The average molecular weight is 268 g/mol. The molecule has 2 rings (SSSR count). The smallest absolute Gasteiger partial charge is 0.226 e. The van der Waals surface area contributed by atoms with Gasteiger partial charge in [0.1, 0.15) is 11.6 Å². The van der Waals surface area contributed by atoms with Crippen LogP contribution in [0.1, 0.15) is 12.0 Å². The number of rotatable bonds is 4. The highest BCUT2D eigenvalue weighted by Crippen LogP contribution is 2.13. The largest absolute Gasteiger partial charge is 0.345 e. The topological polar surface area (TPSA) is 32.3 Å². The van der Waals surface area contributed by atoms with Gasteiger partial charge in [-0.1, -0.05) is 0 Å². The molecule has 104 valence electrons. The van der Waals surface area contributed by atoms with Crippen LogP contribution in [0.15, 0.2) is 18.2 Å². The molecule has 0 bridgehead atoms. The Kier molecular flexibility index (Phi) is 4.47. The van der Waals surface area contributed by atoms with E-state index in [1.54, 1.807) is 11.9 Å². The highest BCUT2D eigenvalue weighted by molar-refractivity contribution is 5.78. The third-order valence-corrected chi connectivity index (χ3v) is 3.47. The summed E-state index contributed by atoms with van der Waals surface area (Å²) in [5.41, 5.74) is 0.112. The number of carbonyl (C=O) groups is 1. The Morgan fingerprint density at radius 1 is 1.47 bits per heavy atom. The van der Waals surface area contributed by atoms with E-state index in [0.29, 0.717) is 12.5 Å². The minimum atomic E-state index is -0.536. The van der Waals surface area contributed by atoms with Gasteiger partial charge in [0.15, 0.2) is 0 Å². The molecule has 1 unspecified atom stereocenters. The molecule has 0 radical (unpaired) electrons. The molecule has 1 fully saturated rings. The lowest BCUT2D eigenvalue weighted by Gasteiger charge is -2.21. The van der Waals surface area contributed by atoms with Crippen molar-refractivity contribution in [3.63, 3.8) is 0 Å². The quantitative estimate of drug-likeness (QED) is 0.899. The molecule has 1 aliphatic rings. The second kappa shape index (κ2) is 6.10. The predicted octanol–water partition coefficient (Wildman–Crippen LogP) is 1.58. The lowest BCUT2D eigenvalue weighted by Crippen LogP contribution is -2.33. The molecule has 1 N–H and O–H groups in total. The molecule has 1 saturated heterocycles. The van der Waals surface area contributed by atoms with Crippen molar-refractivity contribution in [1.29, 1.82) is 0 Å². The van der Waals surface area contributed by atoms with E-state index in [1.807, 2.05) is 0 Å². The highest BCUT2D eigenvalue weighted by Gasteiger charge is 2.20. The fraction of sp³-hybridized carbons (Fsp3) is 0.500. The van der Waals surface area contributed by atoms with Crippen LogP contribution in [0, 0.1) is 17.6 Å². The second-order valence-corrected chi connectivity index (χ2v) is 5.05. The molecule has 1 aromatic carbocycles. The minimum Gasteiger partial charge on any atom is -0.345 e. The summed E-state index contributed by atoms with van der Waals surface area (Å²) in [4.78, 5) is 13.6. The predicted molar refractivity (Wildman–Crippen MR) is 68.7 cm³/mol. The van der Waals surface area contributed by atoms with Gasteiger partial charge in [0.2, 0.25) is 5.91 Å². The van der Waals surface area contributed by atoms with E-state index in [9.17, 15) is 13.6 Å². The molecule has 1 amide bonds. The Morgan fingerprint density at radius 2 is 2.26 bits per heavy atom. The zero-order valence-corrected chi connectivity index (χ0v) is 11.0. The van der Waals surface area contributed by atoms with E-state index in [0.717, 1.165) is 37.7 Å². The van der Waals surface area contributed by atoms with Crippen LogP contribution in [0.3, 0.4) is 0 Å². The Labute approximate surface area is 111 Å². The van der Waals surface area contributed by atoms with E-state index >= 15 is 0 Å². The van der Waals surface area contributed by atoms with Crippen molar-refractivity contribution < 1.29 is 13.6 Å². The number of halogens is 2. The first-order valence-electron chi connectivity index (χ1n) is 6.45. The minimum absolute atomic E-state index is 0.0970. The van der Waals surface area contributed by atoms with Crippen LogP contribution in [-0.2, 0) is 11.2 Å². The molecule has 5 heteroatoms. The Hall–Kier alpha value is -1.49. The summed E-state index contributed by atoms with van der Waals surface area (Å²) in [6.45, 7) is 2.54. The first kappa shape index (κ1) is 13.9.